The normalized spacial score (nSPS) is 22.0. The number of halogens is 2. The Morgan fingerprint density at radius 1 is 1.32 bits per heavy atom. The Balaban J connectivity index is 1.57. The van der Waals surface area contributed by atoms with Crippen molar-refractivity contribution in [1.29, 1.82) is 0 Å². The quantitative estimate of drug-likeness (QED) is 0.842. The van der Waals surface area contributed by atoms with E-state index in [4.69, 9.17) is 4.74 Å². The second-order valence-corrected chi connectivity index (χ2v) is 5.97. The molecule has 3 rings (SSSR count). The number of carbonyl (C=O) groups is 1. The zero-order valence-corrected chi connectivity index (χ0v) is 12.4. The maximum Gasteiger partial charge on any atom is 0.410 e. The van der Waals surface area contributed by atoms with E-state index in [-0.39, 0.29) is 25.4 Å². The molecule has 0 atom stereocenters. The molecule has 0 radical (unpaired) electrons. The number of benzene rings is 1. The van der Waals surface area contributed by atoms with Crippen molar-refractivity contribution in [2.24, 2.45) is 10.4 Å². The van der Waals surface area contributed by atoms with Crippen LogP contribution in [0.25, 0.3) is 0 Å². The molecule has 2 aliphatic heterocycles. The fraction of sp³-hybridized carbons (Fsp3) is 0.500. The molecule has 0 saturated carbocycles. The molecule has 1 aromatic carbocycles. The fourth-order valence-electron chi connectivity index (χ4n) is 3.06. The van der Waals surface area contributed by atoms with Crippen molar-refractivity contribution in [1.82, 2.24) is 4.90 Å². The third kappa shape index (κ3) is 2.36. The molecular weight excluding hydrogens is 290 g/mol. The minimum absolute atomic E-state index is 0.0283. The summed E-state index contributed by atoms with van der Waals surface area (Å²) in [6.07, 6.45) is -0.231. The van der Waals surface area contributed by atoms with Gasteiger partial charge in [-0.05, 0) is 18.9 Å². The topological polar surface area (TPSA) is 41.9 Å². The van der Waals surface area contributed by atoms with Crippen LogP contribution in [0.2, 0.25) is 0 Å². The summed E-state index contributed by atoms with van der Waals surface area (Å²) in [5.41, 5.74) is -0.418. The minimum Gasteiger partial charge on any atom is -0.445 e. The average molecular weight is 308 g/mol. The highest BCUT2D eigenvalue weighted by Crippen LogP contribution is 2.50. The van der Waals surface area contributed by atoms with E-state index in [1.807, 2.05) is 30.3 Å². The van der Waals surface area contributed by atoms with Crippen LogP contribution in [0.5, 0.6) is 0 Å². The zero-order valence-electron chi connectivity index (χ0n) is 12.4. The Kier molecular flexibility index (Phi) is 3.62. The maximum atomic E-state index is 14.3. The standard InChI is InChI=1S/C16H18F2N2O2/c1-12-16(17,18)15(7-8-19-12)10-20(11-15)14(21)22-9-13-5-3-2-4-6-13/h2-6H,7-11H2,1H3. The van der Waals surface area contributed by atoms with Crippen LogP contribution in [0.4, 0.5) is 13.6 Å². The number of nitrogens with zero attached hydrogens (tertiary/aromatic N) is 2. The van der Waals surface area contributed by atoms with Gasteiger partial charge in [0.05, 0.1) is 11.1 Å². The van der Waals surface area contributed by atoms with Crippen molar-refractivity contribution in [2.45, 2.75) is 25.9 Å². The predicted molar refractivity (Wildman–Crippen MR) is 78.2 cm³/mol. The summed E-state index contributed by atoms with van der Waals surface area (Å²) in [6.45, 7) is 1.96. The van der Waals surface area contributed by atoms with Crippen LogP contribution in [0, 0.1) is 5.41 Å². The third-order valence-electron chi connectivity index (χ3n) is 4.51. The summed E-state index contributed by atoms with van der Waals surface area (Å²) in [6, 6.07) is 9.28. The lowest BCUT2D eigenvalue weighted by atomic mass is 9.69. The lowest BCUT2D eigenvalue weighted by Crippen LogP contribution is -2.69. The van der Waals surface area contributed by atoms with E-state index in [1.165, 1.54) is 11.8 Å². The number of carbonyl (C=O) groups excluding carboxylic acids is 1. The van der Waals surface area contributed by atoms with E-state index in [1.54, 1.807) is 0 Å². The van der Waals surface area contributed by atoms with Crippen molar-refractivity contribution in [2.75, 3.05) is 19.6 Å². The van der Waals surface area contributed by atoms with E-state index in [9.17, 15) is 13.6 Å². The Morgan fingerprint density at radius 2 is 2.00 bits per heavy atom. The van der Waals surface area contributed by atoms with Crippen LogP contribution in [-0.4, -0.2) is 42.3 Å². The van der Waals surface area contributed by atoms with Gasteiger partial charge in [0, 0.05) is 19.6 Å². The van der Waals surface area contributed by atoms with Gasteiger partial charge in [0.1, 0.15) is 6.61 Å². The molecule has 2 aliphatic rings. The molecule has 2 heterocycles. The Bertz CT molecular complexity index is 595. The molecule has 0 aromatic heterocycles. The third-order valence-corrected chi connectivity index (χ3v) is 4.51. The van der Waals surface area contributed by atoms with Gasteiger partial charge in [-0.25, -0.2) is 4.79 Å². The summed E-state index contributed by atoms with van der Waals surface area (Å²) in [5, 5.41) is 0. The molecule has 1 spiro atoms. The average Bonchev–Trinajstić information content (AvgIpc) is 2.46. The van der Waals surface area contributed by atoms with E-state index >= 15 is 0 Å². The van der Waals surface area contributed by atoms with E-state index < -0.39 is 17.4 Å². The van der Waals surface area contributed by atoms with Crippen molar-refractivity contribution < 1.29 is 18.3 Å². The molecule has 1 saturated heterocycles. The zero-order chi connectivity index (χ0) is 15.8. The molecule has 1 fully saturated rings. The highest BCUT2D eigenvalue weighted by molar-refractivity contribution is 5.91. The number of amides is 1. The summed E-state index contributed by atoms with van der Waals surface area (Å²) in [4.78, 5) is 17.1. The minimum atomic E-state index is -2.94. The molecule has 118 valence electrons. The molecule has 0 aliphatic carbocycles. The first-order valence-corrected chi connectivity index (χ1v) is 7.30. The number of ether oxygens (including phenoxy) is 1. The maximum absolute atomic E-state index is 14.3. The number of rotatable bonds is 2. The van der Waals surface area contributed by atoms with Crippen LogP contribution in [0.15, 0.2) is 35.3 Å². The molecule has 0 unspecified atom stereocenters. The van der Waals surface area contributed by atoms with Crippen LogP contribution in [0.3, 0.4) is 0 Å². The van der Waals surface area contributed by atoms with Crippen molar-refractivity contribution in [3.63, 3.8) is 0 Å². The molecule has 1 amide bonds. The first-order chi connectivity index (χ1) is 10.4. The van der Waals surface area contributed by atoms with Gasteiger partial charge < -0.3 is 9.64 Å². The smallest absolute Gasteiger partial charge is 0.410 e. The van der Waals surface area contributed by atoms with Gasteiger partial charge in [-0.15, -0.1) is 0 Å². The summed E-state index contributed by atoms with van der Waals surface area (Å²) in [5.74, 6) is -2.94. The van der Waals surface area contributed by atoms with Gasteiger partial charge >= 0.3 is 6.09 Å². The first kappa shape index (κ1) is 14.9. The fourth-order valence-corrected chi connectivity index (χ4v) is 3.06. The summed E-state index contributed by atoms with van der Waals surface area (Å²) >= 11 is 0. The van der Waals surface area contributed by atoms with Crippen molar-refractivity contribution >= 4 is 11.8 Å². The van der Waals surface area contributed by atoms with E-state index in [0.717, 1.165) is 5.56 Å². The van der Waals surface area contributed by atoms with Crippen molar-refractivity contribution in [3.8, 4) is 0 Å². The second-order valence-electron chi connectivity index (χ2n) is 5.97. The van der Waals surface area contributed by atoms with E-state index in [0.29, 0.717) is 13.0 Å². The Hall–Kier alpha value is -1.98. The highest BCUT2D eigenvalue weighted by atomic mass is 19.3. The highest BCUT2D eigenvalue weighted by Gasteiger charge is 2.64. The lowest BCUT2D eigenvalue weighted by Gasteiger charge is -2.54. The monoisotopic (exact) mass is 308 g/mol. The van der Waals surface area contributed by atoms with Gasteiger partial charge in [-0.3, -0.25) is 4.99 Å². The van der Waals surface area contributed by atoms with Crippen LogP contribution < -0.4 is 0 Å². The molecular formula is C16H18F2N2O2. The van der Waals surface area contributed by atoms with E-state index in [2.05, 4.69) is 4.99 Å². The first-order valence-electron chi connectivity index (χ1n) is 7.30. The van der Waals surface area contributed by atoms with Gasteiger partial charge in [-0.2, -0.15) is 8.78 Å². The molecule has 22 heavy (non-hydrogen) atoms. The number of alkyl halides is 2. The molecule has 0 N–H and O–H groups in total. The van der Waals surface area contributed by atoms with Gasteiger partial charge in [-0.1, -0.05) is 30.3 Å². The van der Waals surface area contributed by atoms with Gasteiger partial charge in [0.2, 0.25) is 0 Å². The number of likely N-dealkylation sites (tertiary alicyclic amines) is 1. The molecule has 0 bridgehead atoms. The Morgan fingerprint density at radius 3 is 2.68 bits per heavy atom. The second kappa shape index (κ2) is 5.34. The van der Waals surface area contributed by atoms with Gasteiger partial charge in [0.25, 0.3) is 5.92 Å². The lowest BCUT2D eigenvalue weighted by molar-refractivity contribution is -0.147. The van der Waals surface area contributed by atoms with Crippen LogP contribution >= 0.6 is 0 Å². The Labute approximate surface area is 127 Å². The van der Waals surface area contributed by atoms with Crippen LogP contribution in [-0.2, 0) is 11.3 Å². The predicted octanol–water partition coefficient (Wildman–Crippen LogP) is 3.13. The number of hydrogen-bond acceptors (Lipinski definition) is 3. The largest absolute Gasteiger partial charge is 0.445 e. The van der Waals surface area contributed by atoms with Gasteiger partial charge in [0.15, 0.2) is 0 Å². The summed E-state index contributed by atoms with van der Waals surface area (Å²) < 4.78 is 33.7. The number of hydrogen-bond donors (Lipinski definition) is 0. The molecule has 4 nitrogen and oxygen atoms in total. The summed E-state index contributed by atoms with van der Waals surface area (Å²) in [7, 11) is 0. The molecule has 6 heteroatoms. The number of aliphatic imine (C=N–C) groups is 1. The van der Waals surface area contributed by atoms with Crippen LogP contribution in [0.1, 0.15) is 18.9 Å². The molecule has 1 aromatic rings. The SMILES string of the molecule is CC1=NCCC2(CN(C(=O)OCc3ccccc3)C2)C1(F)F. The van der Waals surface area contributed by atoms with Crippen molar-refractivity contribution in [3.05, 3.63) is 35.9 Å².